The molecule has 0 radical (unpaired) electrons. The standard InChI is InChI=1S/C24H20As.ClH.H3P/c1-5-13-21(14-6-1)25(22-15-7-2-8-16-22,23-17-9-3-10-18-23)24-19-11-4-12-20-24;;/h1-20H;1H;1H3/q+1;;/p-1. The molecule has 0 spiro atoms. The van der Waals surface area contributed by atoms with Gasteiger partial charge in [-0.15, -0.1) is 0 Å². The van der Waals surface area contributed by atoms with Crippen LogP contribution in [0.4, 0.5) is 0 Å². The van der Waals surface area contributed by atoms with Crippen molar-refractivity contribution in [2.75, 3.05) is 0 Å². The molecule has 0 aliphatic heterocycles. The van der Waals surface area contributed by atoms with E-state index in [1.165, 1.54) is 17.4 Å². The van der Waals surface area contributed by atoms with Gasteiger partial charge in [-0.2, -0.15) is 9.90 Å². The van der Waals surface area contributed by atoms with Crippen molar-refractivity contribution in [1.29, 1.82) is 0 Å². The molecule has 0 fully saturated rings. The van der Waals surface area contributed by atoms with Crippen LogP contribution in [0.15, 0.2) is 121 Å². The summed E-state index contributed by atoms with van der Waals surface area (Å²) in [6, 6.07) is 44.2. The Hall–Kier alpha value is -1.84. The summed E-state index contributed by atoms with van der Waals surface area (Å²) in [5, 5.41) is 0. The van der Waals surface area contributed by atoms with Gasteiger partial charge in [-0.1, -0.05) is 0 Å². The molecule has 0 N–H and O–H groups in total. The molecule has 0 aliphatic carbocycles. The maximum atomic E-state index is 2.31. The Bertz CT molecular complexity index is 765. The quantitative estimate of drug-likeness (QED) is 0.305. The fourth-order valence-corrected chi connectivity index (χ4v) is 12.5. The third-order valence-electron chi connectivity index (χ3n) is 4.57. The van der Waals surface area contributed by atoms with Gasteiger partial charge < -0.3 is 12.4 Å². The average Bonchev–Trinajstić information content (AvgIpc) is 2.72. The SMILES string of the molecule is P.[Cl-].c1ccc([As+](c2ccccc2)(c2ccccc2)c2ccccc2)cc1. The molecule has 0 saturated carbocycles. The summed E-state index contributed by atoms with van der Waals surface area (Å²) in [5.41, 5.74) is 0. The van der Waals surface area contributed by atoms with Crippen molar-refractivity contribution < 1.29 is 12.4 Å². The number of benzene rings is 4. The van der Waals surface area contributed by atoms with Gasteiger partial charge in [0.2, 0.25) is 0 Å². The Kier molecular flexibility index (Phi) is 7.88. The van der Waals surface area contributed by atoms with E-state index in [0.717, 1.165) is 0 Å². The third kappa shape index (κ3) is 4.04. The fourth-order valence-electron chi connectivity index (χ4n) is 3.50. The summed E-state index contributed by atoms with van der Waals surface area (Å²) >= 11 is -2.77. The predicted octanol–water partition coefficient (Wildman–Crippen LogP) is 0.126. The van der Waals surface area contributed by atoms with Crippen molar-refractivity contribution in [2.24, 2.45) is 0 Å². The van der Waals surface area contributed by atoms with Crippen LogP contribution in [0.25, 0.3) is 0 Å². The Morgan fingerprint density at radius 2 is 0.519 bits per heavy atom. The number of rotatable bonds is 4. The van der Waals surface area contributed by atoms with Crippen LogP contribution in [0.5, 0.6) is 0 Å². The predicted molar refractivity (Wildman–Crippen MR) is 121 cm³/mol. The summed E-state index contributed by atoms with van der Waals surface area (Å²) in [7, 11) is 0. The molecule has 0 aromatic heterocycles. The zero-order chi connectivity index (χ0) is 17.0. The van der Waals surface area contributed by atoms with Crippen molar-refractivity contribution in [3.63, 3.8) is 0 Å². The molecular formula is C24H23AsClP. The summed E-state index contributed by atoms with van der Waals surface area (Å²) in [6.45, 7) is 0. The van der Waals surface area contributed by atoms with Crippen molar-refractivity contribution in [3.05, 3.63) is 121 Å². The van der Waals surface area contributed by atoms with Gasteiger partial charge in [0.25, 0.3) is 0 Å². The van der Waals surface area contributed by atoms with Crippen molar-refractivity contribution in [3.8, 4) is 0 Å². The Morgan fingerprint density at radius 3 is 0.704 bits per heavy atom. The molecule has 0 nitrogen and oxygen atoms in total. The summed E-state index contributed by atoms with van der Waals surface area (Å²) < 4.78 is 5.79. The average molecular weight is 453 g/mol. The monoisotopic (exact) mass is 452 g/mol. The molecule has 0 saturated heterocycles. The Morgan fingerprint density at radius 1 is 0.333 bits per heavy atom. The molecule has 1 unspecified atom stereocenters. The molecule has 0 bridgehead atoms. The summed E-state index contributed by atoms with van der Waals surface area (Å²) in [5.74, 6) is 0. The van der Waals surface area contributed by atoms with Crippen LogP contribution in [0.3, 0.4) is 0 Å². The van der Waals surface area contributed by atoms with Gasteiger partial charge in [0.1, 0.15) is 0 Å². The Labute approximate surface area is 174 Å². The minimum absolute atomic E-state index is 0. The molecule has 0 heterocycles. The third-order valence-corrected chi connectivity index (χ3v) is 13.6. The van der Waals surface area contributed by atoms with Gasteiger partial charge in [-0.3, -0.25) is 0 Å². The first kappa shape index (κ1) is 21.5. The van der Waals surface area contributed by atoms with E-state index in [1.807, 2.05) is 0 Å². The van der Waals surface area contributed by atoms with Crippen LogP contribution in [-0.2, 0) is 0 Å². The van der Waals surface area contributed by atoms with E-state index in [1.54, 1.807) is 0 Å². The van der Waals surface area contributed by atoms with Gasteiger partial charge >= 0.3 is 152 Å². The molecule has 0 amide bonds. The van der Waals surface area contributed by atoms with Crippen molar-refractivity contribution >= 4 is 40.9 Å². The van der Waals surface area contributed by atoms with Gasteiger partial charge in [0.05, 0.1) is 0 Å². The van der Waals surface area contributed by atoms with Crippen LogP contribution in [-0.4, -0.2) is 13.6 Å². The van der Waals surface area contributed by atoms with Gasteiger partial charge in [-0.25, -0.2) is 0 Å². The molecule has 1 atom stereocenters. The molecule has 27 heavy (non-hydrogen) atoms. The van der Waals surface area contributed by atoms with Crippen LogP contribution in [0.1, 0.15) is 0 Å². The van der Waals surface area contributed by atoms with E-state index in [0.29, 0.717) is 0 Å². The van der Waals surface area contributed by atoms with E-state index in [4.69, 9.17) is 0 Å². The molecule has 0 aliphatic rings. The maximum absolute atomic E-state index is 2.77. The number of hydrogen-bond acceptors (Lipinski definition) is 0. The van der Waals surface area contributed by atoms with E-state index in [9.17, 15) is 0 Å². The second-order valence-corrected chi connectivity index (χ2v) is 13.2. The second kappa shape index (κ2) is 9.91. The van der Waals surface area contributed by atoms with Crippen LogP contribution >= 0.6 is 9.90 Å². The molecule has 4 aromatic rings. The van der Waals surface area contributed by atoms with Gasteiger partial charge in [-0.05, 0) is 0 Å². The van der Waals surface area contributed by atoms with E-state index < -0.39 is 13.6 Å². The van der Waals surface area contributed by atoms with E-state index in [2.05, 4.69) is 121 Å². The van der Waals surface area contributed by atoms with Crippen LogP contribution < -0.4 is 29.8 Å². The van der Waals surface area contributed by atoms with Crippen molar-refractivity contribution in [2.45, 2.75) is 0 Å². The van der Waals surface area contributed by atoms with Crippen LogP contribution in [0.2, 0.25) is 0 Å². The summed E-state index contributed by atoms with van der Waals surface area (Å²) in [6.07, 6.45) is 0. The van der Waals surface area contributed by atoms with E-state index in [-0.39, 0.29) is 22.3 Å². The molecule has 136 valence electrons. The first-order valence-corrected chi connectivity index (χ1v) is 12.3. The second-order valence-electron chi connectivity index (χ2n) is 6.01. The topological polar surface area (TPSA) is 0 Å². The van der Waals surface area contributed by atoms with Crippen molar-refractivity contribution in [1.82, 2.24) is 0 Å². The summed E-state index contributed by atoms with van der Waals surface area (Å²) in [4.78, 5) is 0. The zero-order valence-corrected chi connectivity index (χ0v) is 19.1. The fraction of sp³-hybridized carbons (Fsp3) is 0. The van der Waals surface area contributed by atoms with Crippen LogP contribution in [0, 0.1) is 0 Å². The molecule has 3 heteroatoms. The van der Waals surface area contributed by atoms with Gasteiger partial charge in [0, 0.05) is 0 Å². The zero-order valence-electron chi connectivity index (χ0n) is 15.1. The molecular weight excluding hydrogens is 430 g/mol. The van der Waals surface area contributed by atoms with E-state index >= 15 is 0 Å². The first-order valence-electron chi connectivity index (χ1n) is 8.54. The number of halogens is 1. The molecule has 4 rings (SSSR count). The minimum atomic E-state index is -2.77. The number of hydrogen-bond donors (Lipinski definition) is 0. The molecule has 4 aromatic carbocycles. The Balaban J connectivity index is 0.00000131. The first-order chi connectivity index (χ1) is 12.4. The normalized spacial score (nSPS) is 10.4. The van der Waals surface area contributed by atoms with Gasteiger partial charge in [0.15, 0.2) is 0 Å².